The van der Waals surface area contributed by atoms with Crippen molar-refractivity contribution in [2.24, 2.45) is 0 Å². The highest BCUT2D eigenvalue weighted by molar-refractivity contribution is 7.98. The van der Waals surface area contributed by atoms with Gasteiger partial charge in [0.2, 0.25) is 5.43 Å². The number of methoxy groups -OCH3 is 1. The summed E-state index contributed by atoms with van der Waals surface area (Å²) in [6, 6.07) is 13.2. The Hall–Kier alpha value is -2.20. The number of ether oxygens (including phenoxy) is 1. The average molecular weight is 312 g/mol. The highest BCUT2D eigenvalue weighted by atomic mass is 32.2. The Labute approximate surface area is 132 Å². The van der Waals surface area contributed by atoms with Gasteiger partial charge in [0.15, 0.2) is 5.09 Å². The van der Waals surface area contributed by atoms with Gasteiger partial charge in [-0.25, -0.2) is 0 Å². The lowest BCUT2D eigenvalue weighted by atomic mass is 10.0. The Morgan fingerprint density at radius 3 is 2.45 bits per heavy atom. The van der Waals surface area contributed by atoms with Gasteiger partial charge in [-0.05, 0) is 30.9 Å². The summed E-state index contributed by atoms with van der Waals surface area (Å²) >= 11 is 1.43. The van der Waals surface area contributed by atoms with Crippen LogP contribution in [0.2, 0.25) is 0 Å². The molecule has 0 radical (unpaired) electrons. The summed E-state index contributed by atoms with van der Waals surface area (Å²) in [5, 5.41) is 1.18. The summed E-state index contributed by atoms with van der Waals surface area (Å²) in [4.78, 5) is 12.9. The Kier molecular flexibility index (Phi) is 3.94. The quantitative estimate of drug-likeness (QED) is 0.668. The zero-order chi connectivity index (χ0) is 15.7. The Morgan fingerprint density at radius 1 is 1.09 bits per heavy atom. The molecular weight excluding hydrogens is 296 g/mol. The molecule has 0 fully saturated rings. The summed E-state index contributed by atoms with van der Waals surface area (Å²) < 4.78 is 11.1. The Morgan fingerprint density at radius 2 is 1.82 bits per heavy atom. The molecular formula is C18H16O3S. The maximum absolute atomic E-state index is 12.9. The van der Waals surface area contributed by atoms with Crippen molar-refractivity contribution in [2.75, 3.05) is 13.4 Å². The summed E-state index contributed by atoms with van der Waals surface area (Å²) in [6.07, 6.45) is 1.90. The molecule has 0 aliphatic carbocycles. The number of benzene rings is 2. The van der Waals surface area contributed by atoms with Crippen molar-refractivity contribution in [3.05, 3.63) is 58.3 Å². The van der Waals surface area contributed by atoms with Crippen LogP contribution in [0.1, 0.15) is 5.56 Å². The van der Waals surface area contributed by atoms with Crippen molar-refractivity contribution < 1.29 is 9.15 Å². The van der Waals surface area contributed by atoms with Gasteiger partial charge in [0, 0.05) is 6.07 Å². The summed E-state index contributed by atoms with van der Waals surface area (Å²) in [7, 11) is 1.59. The van der Waals surface area contributed by atoms with Gasteiger partial charge in [-0.1, -0.05) is 41.6 Å². The van der Waals surface area contributed by atoms with Gasteiger partial charge >= 0.3 is 0 Å². The lowest BCUT2D eigenvalue weighted by Gasteiger charge is -2.09. The van der Waals surface area contributed by atoms with E-state index in [2.05, 4.69) is 0 Å². The first-order valence-electron chi connectivity index (χ1n) is 6.90. The lowest BCUT2D eigenvalue weighted by Crippen LogP contribution is -2.07. The fourth-order valence-corrected chi connectivity index (χ4v) is 2.98. The first kappa shape index (κ1) is 14.7. The molecule has 1 aromatic heterocycles. The SMILES string of the molecule is COc1ccc2c(=O)c(-c3ccc(C)cc3)c(SC)oc2c1. The van der Waals surface area contributed by atoms with Crippen molar-refractivity contribution in [1.82, 2.24) is 0 Å². The number of hydrogen-bond donors (Lipinski definition) is 0. The molecule has 0 atom stereocenters. The molecule has 0 aliphatic rings. The number of hydrogen-bond acceptors (Lipinski definition) is 4. The number of aryl methyl sites for hydroxylation is 1. The van der Waals surface area contributed by atoms with Gasteiger partial charge < -0.3 is 9.15 Å². The van der Waals surface area contributed by atoms with Crippen molar-refractivity contribution in [3.8, 4) is 16.9 Å². The molecule has 0 saturated carbocycles. The second kappa shape index (κ2) is 5.89. The molecule has 0 unspecified atom stereocenters. The molecule has 4 heteroatoms. The number of rotatable bonds is 3. The highest BCUT2D eigenvalue weighted by Gasteiger charge is 2.16. The first-order chi connectivity index (χ1) is 10.6. The van der Waals surface area contributed by atoms with Crippen LogP contribution in [0, 0.1) is 6.92 Å². The van der Waals surface area contributed by atoms with E-state index in [0.717, 1.165) is 11.1 Å². The molecule has 3 nitrogen and oxygen atoms in total. The van der Waals surface area contributed by atoms with Crippen LogP contribution in [0.5, 0.6) is 5.75 Å². The molecule has 0 spiro atoms. The van der Waals surface area contributed by atoms with Crippen LogP contribution in [0.25, 0.3) is 22.1 Å². The van der Waals surface area contributed by atoms with Crippen LogP contribution in [-0.2, 0) is 0 Å². The third kappa shape index (κ3) is 2.50. The zero-order valence-electron chi connectivity index (χ0n) is 12.7. The van der Waals surface area contributed by atoms with E-state index in [-0.39, 0.29) is 5.43 Å². The fraction of sp³-hybridized carbons (Fsp3) is 0.167. The molecule has 0 aliphatic heterocycles. The van der Waals surface area contributed by atoms with E-state index in [0.29, 0.717) is 27.4 Å². The molecule has 1 heterocycles. The predicted molar refractivity (Wildman–Crippen MR) is 91.0 cm³/mol. The van der Waals surface area contributed by atoms with Gasteiger partial charge in [0.1, 0.15) is 11.3 Å². The van der Waals surface area contributed by atoms with E-state index in [1.54, 1.807) is 25.3 Å². The zero-order valence-corrected chi connectivity index (χ0v) is 13.5. The van der Waals surface area contributed by atoms with Crippen LogP contribution in [0.4, 0.5) is 0 Å². The first-order valence-corrected chi connectivity index (χ1v) is 8.12. The maximum Gasteiger partial charge on any atom is 0.201 e. The molecule has 0 bridgehead atoms. The van der Waals surface area contributed by atoms with Gasteiger partial charge in [-0.15, -0.1) is 0 Å². The van der Waals surface area contributed by atoms with Crippen molar-refractivity contribution in [1.29, 1.82) is 0 Å². The van der Waals surface area contributed by atoms with Crippen molar-refractivity contribution in [3.63, 3.8) is 0 Å². The minimum Gasteiger partial charge on any atom is -0.497 e. The Balaban J connectivity index is 2.32. The predicted octanol–water partition coefficient (Wildman–Crippen LogP) is 4.50. The molecule has 0 N–H and O–H groups in total. The van der Waals surface area contributed by atoms with Gasteiger partial charge in [0.05, 0.1) is 18.1 Å². The molecule has 112 valence electrons. The van der Waals surface area contributed by atoms with Gasteiger partial charge in [0.25, 0.3) is 0 Å². The van der Waals surface area contributed by atoms with E-state index in [4.69, 9.17) is 9.15 Å². The molecule has 3 rings (SSSR count). The van der Waals surface area contributed by atoms with Crippen LogP contribution in [-0.4, -0.2) is 13.4 Å². The molecule has 22 heavy (non-hydrogen) atoms. The van der Waals surface area contributed by atoms with E-state index >= 15 is 0 Å². The third-order valence-corrected chi connectivity index (χ3v) is 4.25. The standard InChI is InChI=1S/C18H16O3S/c1-11-4-6-12(7-5-11)16-17(19)14-9-8-13(20-2)10-15(14)21-18(16)22-3/h4-10H,1-3H3. The second-order valence-electron chi connectivity index (χ2n) is 5.03. The smallest absolute Gasteiger partial charge is 0.201 e. The molecule has 0 amide bonds. The number of fused-ring (bicyclic) bond motifs is 1. The monoisotopic (exact) mass is 312 g/mol. The fourth-order valence-electron chi connectivity index (χ4n) is 2.39. The van der Waals surface area contributed by atoms with Crippen LogP contribution in [0.15, 0.2) is 56.8 Å². The summed E-state index contributed by atoms with van der Waals surface area (Å²) in [5.41, 5.74) is 3.18. The average Bonchev–Trinajstić information content (AvgIpc) is 2.55. The largest absolute Gasteiger partial charge is 0.497 e. The normalized spacial score (nSPS) is 10.9. The summed E-state index contributed by atoms with van der Waals surface area (Å²) in [5.74, 6) is 0.672. The minimum atomic E-state index is -0.0166. The summed E-state index contributed by atoms with van der Waals surface area (Å²) in [6.45, 7) is 2.02. The van der Waals surface area contributed by atoms with Crippen LogP contribution >= 0.6 is 11.8 Å². The van der Waals surface area contributed by atoms with E-state index in [9.17, 15) is 4.79 Å². The Bertz CT molecular complexity index is 879. The second-order valence-corrected chi connectivity index (χ2v) is 5.80. The highest BCUT2D eigenvalue weighted by Crippen LogP contribution is 2.31. The van der Waals surface area contributed by atoms with E-state index in [1.165, 1.54) is 11.8 Å². The topological polar surface area (TPSA) is 39.4 Å². The van der Waals surface area contributed by atoms with Crippen LogP contribution in [0.3, 0.4) is 0 Å². The molecule has 2 aromatic carbocycles. The van der Waals surface area contributed by atoms with Crippen LogP contribution < -0.4 is 10.2 Å². The third-order valence-electron chi connectivity index (χ3n) is 3.59. The maximum atomic E-state index is 12.9. The van der Waals surface area contributed by atoms with E-state index < -0.39 is 0 Å². The van der Waals surface area contributed by atoms with Crippen molar-refractivity contribution >= 4 is 22.7 Å². The lowest BCUT2D eigenvalue weighted by molar-refractivity contribution is 0.413. The van der Waals surface area contributed by atoms with Crippen molar-refractivity contribution in [2.45, 2.75) is 12.0 Å². The molecule has 0 saturated heterocycles. The van der Waals surface area contributed by atoms with E-state index in [1.807, 2.05) is 37.4 Å². The number of thioether (sulfide) groups is 1. The minimum absolute atomic E-state index is 0.0166. The van der Waals surface area contributed by atoms with Gasteiger partial charge in [-0.3, -0.25) is 4.79 Å². The molecule has 3 aromatic rings. The van der Waals surface area contributed by atoms with Gasteiger partial charge in [-0.2, -0.15) is 0 Å².